The molecule has 6 nitrogen and oxygen atoms in total. The third kappa shape index (κ3) is 2.44. The van der Waals surface area contributed by atoms with E-state index in [0.717, 1.165) is 11.8 Å². The lowest BCUT2D eigenvalue weighted by molar-refractivity contribution is -0.147. The Balaban J connectivity index is 2.93. The third-order valence-electron chi connectivity index (χ3n) is 2.35. The lowest BCUT2D eigenvalue weighted by Gasteiger charge is -2.18. The molecule has 1 rings (SSSR count). The van der Waals surface area contributed by atoms with Crippen LogP contribution in [-0.2, 0) is 19.8 Å². The van der Waals surface area contributed by atoms with Crippen LogP contribution in [0.3, 0.4) is 0 Å². The molecular weight excluding hydrogens is 229 g/mol. The molecule has 1 saturated heterocycles. The Labute approximate surface area is 85.9 Å². The predicted molar refractivity (Wildman–Crippen MR) is 47.2 cm³/mol. The number of carboxylic acid groups (broad SMARTS) is 1. The van der Waals surface area contributed by atoms with Crippen molar-refractivity contribution in [2.24, 2.45) is 0 Å². The van der Waals surface area contributed by atoms with E-state index in [2.05, 4.69) is 0 Å². The maximum absolute atomic E-state index is 12.6. The van der Waals surface area contributed by atoms with Gasteiger partial charge >= 0.3 is 16.2 Å². The number of hydrogen-bond acceptors (Lipinski definition) is 4. The zero-order valence-electron chi connectivity index (χ0n) is 7.88. The predicted octanol–water partition coefficient (Wildman–Crippen LogP) is -0.640. The van der Waals surface area contributed by atoms with E-state index < -0.39 is 46.4 Å². The molecule has 1 heterocycles. The topological polar surface area (TPSA) is 91.8 Å². The number of halogens is 1. The van der Waals surface area contributed by atoms with E-state index in [1.165, 1.54) is 0 Å². The summed E-state index contributed by atoms with van der Waals surface area (Å²) in [5, 5.41) is 7.28. The molecule has 2 unspecified atom stereocenters. The first kappa shape index (κ1) is 11.9. The van der Waals surface area contributed by atoms with E-state index in [1.54, 1.807) is 0 Å². The lowest BCUT2D eigenvalue weighted by atomic mass is 10.2. The molecule has 0 aromatic heterocycles. The number of likely N-dealkylation sites (tertiary alicyclic amines) is 1. The highest BCUT2D eigenvalue weighted by molar-refractivity contribution is 7.87. The fourth-order valence-electron chi connectivity index (χ4n) is 1.58. The van der Waals surface area contributed by atoms with E-state index in [4.69, 9.17) is 5.11 Å². The molecule has 0 saturated carbocycles. The normalized spacial score (nSPS) is 26.7. The first-order valence-corrected chi connectivity index (χ1v) is 5.61. The van der Waals surface area contributed by atoms with Gasteiger partial charge in [0.15, 0.2) is 0 Å². The average Bonchev–Trinajstić information content (AvgIpc) is 2.45. The molecular formula is C7H10FNO5S. The van der Waals surface area contributed by atoms with Crippen LogP contribution in [0.5, 0.6) is 0 Å². The van der Waals surface area contributed by atoms with Crippen LogP contribution in [0.2, 0.25) is 0 Å². The van der Waals surface area contributed by atoms with E-state index in [9.17, 15) is 21.9 Å². The summed E-state index contributed by atoms with van der Waals surface area (Å²) in [7, 11) is -4.79. The Morgan fingerprint density at radius 2 is 2.00 bits per heavy atom. The molecule has 0 spiro atoms. The van der Waals surface area contributed by atoms with Gasteiger partial charge in [-0.15, -0.1) is 3.89 Å². The quantitative estimate of drug-likeness (QED) is 0.647. The average molecular weight is 239 g/mol. The van der Waals surface area contributed by atoms with Crippen LogP contribution in [-0.4, -0.2) is 48.1 Å². The number of hydrogen-bond donors (Lipinski definition) is 1. The summed E-state index contributed by atoms with van der Waals surface area (Å²) in [5.41, 5.74) is 0. The van der Waals surface area contributed by atoms with Gasteiger partial charge in [-0.1, -0.05) is 0 Å². The van der Waals surface area contributed by atoms with Crippen LogP contribution >= 0.6 is 0 Å². The first-order valence-electron chi connectivity index (χ1n) is 4.17. The molecule has 1 fully saturated rings. The van der Waals surface area contributed by atoms with Gasteiger partial charge in [-0.3, -0.25) is 4.79 Å². The smallest absolute Gasteiger partial charge is 0.326 e. The second-order valence-corrected chi connectivity index (χ2v) is 4.98. The highest BCUT2D eigenvalue weighted by atomic mass is 32.3. The maximum Gasteiger partial charge on any atom is 0.326 e. The maximum atomic E-state index is 12.6. The number of carboxylic acids is 1. The number of nitrogens with zero attached hydrogens (tertiary/aromatic N) is 1. The largest absolute Gasteiger partial charge is 0.480 e. The zero-order valence-corrected chi connectivity index (χ0v) is 8.70. The van der Waals surface area contributed by atoms with E-state index in [-0.39, 0.29) is 0 Å². The van der Waals surface area contributed by atoms with Gasteiger partial charge < -0.3 is 10.0 Å². The number of amides is 1. The molecule has 1 aliphatic rings. The van der Waals surface area contributed by atoms with Gasteiger partial charge in [0, 0.05) is 13.5 Å². The first-order chi connectivity index (χ1) is 6.73. The van der Waals surface area contributed by atoms with Gasteiger partial charge in [-0.25, -0.2) is 4.79 Å². The van der Waals surface area contributed by atoms with Crippen LogP contribution in [0, 0.1) is 0 Å². The summed E-state index contributed by atoms with van der Waals surface area (Å²) >= 11 is 0. The fraction of sp³-hybridized carbons (Fsp3) is 0.714. The molecule has 15 heavy (non-hydrogen) atoms. The van der Waals surface area contributed by atoms with Crippen molar-refractivity contribution in [3.05, 3.63) is 0 Å². The van der Waals surface area contributed by atoms with Crippen LogP contribution < -0.4 is 0 Å². The zero-order chi connectivity index (χ0) is 11.8. The number of aliphatic carboxylic acids is 1. The molecule has 2 atom stereocenters. The number of rotatable bonds is 2. The Morgan fingerprint density at radius 1 is 1.47 bits per heavy atom. The SMILES string of the molecule is CC(=O)N1CC(S(=O)(=O)F)CC1C(=O)O. The monoisotopic (exact) mass is 239 g/mol. The van der Waals surface area contributed by atoms with Gasteiger partial charge in [0.05, 0.1) is 0 Å². The van der Waals surface area contributed by atoms with Crippen molar-refractivity contribution in [1.82, 2.24) is 4.90 Å². The fourth-order valence-corrected chi connectivity index (χ4v) is 2.33. The molecule has 1 N–H and O–H groups in total. The van der Waals surface area contributed by atoms with Gasteiger partial charge in [-0.05, 0) is 6.42 Å². The van der Waals surface area contributed by atoms with Gasteiger partial charge in [0.25, 0.3) is 0 Å². The summed E-state index contributed by atoms with van der Waals surface area (Å²) in [5.74, 6) is -1.90. The molecule has 0 radical (unpaired) electrons. The van der Waals surface area contributed by atoms with E-state index in [0.29, 0.717) is 0 Å². The summed E-state index contributed by atoms with van der Waals surface area (Å²) in [6.07, 6.45) is -0.395. The number of carbonyl (C=O) groups is 2. The van der Waals surface area contributed by atoms with Crippen LogP contribution in [0.1, 0.15) is 13.3 Å². The van der Waals surface area contributed by atoms with Crippen LogP contribution in [0.15, 0.2) is 0 Å². The van der Waals surface area contributed by atoms with E-state index >= 15 is 0 Å². The molecule has 86 valence electrons. The Kier molecular flexibility index (Phi) is 2.98. The minimum atomic E-state index is -4.79. The molecule has 0 aromatic rings. The summed E-state index contributed by atoms with van der Waals surface area (Å²) in [4.78, 5) is 22.5. The van der Waals surface area contributed by atoms with Gasteiger partial charge in [0.2, 0.25) is 5.91 Å². The van der Waals surface area contributed by atoms with Crippen molar-refractivity contribution in [2.45, 2.75) is 24.6 Å². The highest BCUT2D eigenvalue weighted by Gasteiger charge is 2.44. The molecule has 0 aromatic carbocycles. The van der Waals surface area contributed by atoms with Crippen molar-refractivity contribution < 1.29 is 27.0 Å². The minimum Gasteiger partial charge on any atom is -0.480 e. The molecule has 1 amide bonds. The highest BCUT2D eigenvalue weighted by Crippen LogP contribution is 2.24. The number of carbonyl (C=O) groups excluding carboxylic acids is 1. The van der Waals surface area contributed by atoms with Crippen LogP contribution in [0.4, 0.5) is 3.89 Å². The minimum absolute atomic E-state index is 0.395. The molecule has 0 bridgehead atoms. The van der Waals surface area contributed by atoms with Crippen molar-refractivity contribution in [1.29, 1.82) is 0 Å². The van der Waals surface area contributed by atoms with Crippen molar-refractivity contribution in [3.8, 4) is 0 Å². The summed E-state index contributed by atoms with van der Waals surface area (Å²) < 4.78 is 33.8. The summed E-state index contributed by atoms with van der Waals surface area (Å²) in [6, 6.07) is -1.25. The Hall–Kier alpha value is -1.18. The standard InChI is InChI=1S/C7H10FNO5S/c1-4(10)9-3-5(15(8,13)14)2-6(9)7(11)12/h5-6H,2-3H2,1H3,(H,11,12). The van der Waals surface area contributed by atoms with Crippen molar-refractivity contribution in [3.63, 3.8) is 0 Å². The second-order valence-electron chi connectivity index (χ2n) is 3.36. The van der Waals surface area contributed by atoms with E-state index in [1.807, 2.05) is 0 Å². The van der Waals surface area contributed by atoms with Gasteiger partial charge in [0.1, 0.15) is 11.3 Å². The Bertz CT molecular complexity index is 370. The molecule has 8 heteroatoms. The molecule has 1 aliphatic heterocycles. The van der Waals surface area contributed by atoms with Crippen LogP contribution in [0.25, 0.3) is 0 Å². The lowest BCUT2D eigenvalue weighted by Crippen LogP contribution is -2.39. The second kappa shape index (κ2) is 3.76. The summed E-state index contributed by atoms with van der Waals surface area (Å²) in [6.45, 7) is 0.717. The molecule has 0 aliphatic carbocycles. The van der Waals surface area contributed by atoms with Gasteiger partial charge in [-0.2, -0.15) is 8.42 Å². The third-order valence-corrected chi connectivity index (χ3v) is 3.49. The van der Waals surface area contributed by atoms with Crippen molar-refractivity contribution in [2.75, 3.05) is 6.54 Å². The van der Waals surface area contributed by atoms with Crippen molar-refractivity contribution >= 4 is 22.1 Å². The Morgan fingerprint density at radius 3 is 2.27 bits per heavy atom.